The first-order valence-electron chi connectivity index (χ1n) is 7.68. The minimum Gasteiger partial charge on any atom is -0.478 e. The molecule has 0 unspecified atom stereocenters. The Bertz CT molecular complexity index is 984. The van der Waals surface area contributed by atoms with Gasteiger partial charge >= 0.3 is 5.97 Å². The molecule has 0 aliphatic carbocycles. The van der Waals surface area contributed by atoms with Crippen LogP contribution in [0.2, 0.25) is 0 Å². The molecule has 1 N–H and O–H groups in total. The van der Waals surface area contributed by atoms with Gasteiger partial charge in [0.25, 0.3) is 16.8 Å². The lowest BCUT2D eigenvalue weighted by molar-refractivity contribution is -0.385. The van der Waals surface area contributed by atoms with Crippen LogP contribution >= 0.6 is 11.8 Å². The zero-order valence-electron chi connectivity index (χ0n) is 13.7. The largest absolute Gasteiger partial charge is 0.478 e. The molecule has 0 aromatic heterocycles. The smallest absolute Gasteiger partial charge is 0.335 e. The summed E-state index contributed by atoms with van der Waals surface area (Å²) >= 11 is 0.733. The predicted octanol–water partition coefficient (Wildman–Crippen LogP) is 3.53. The summed E-state index contributed by atoms with van der Waals surface area (Å²) < 4.78 is 0. The van der Waals surface area contributed by atoms with E-state index in [0.29, 0.717) is 5.56 Å². The van der Waals surface area contributed by atoms with Crippen molar-refractivity contribution in [3.05, 3.63) is 80.2 Å². The number of carbonyl (C=O) groups excluding carboxylic acids is 2. The number of nitro groups is 1. The van der Waals surface area contributed by atoms with E-state index in [2.05, 4.69) is 0 Å². The number of amides is 2. The molecule has 2 amide bonds. The third kappa shape index (κ3) is 3.87. The molecular formula is C18H12N2O6S. The van der Waals surface area contributed by atoms with E-state index in [1.807, 2.05) is 0 Å². The van der Waals surface area contributed by atoms with Gasteiger partial charge in [-0.05, 0) is 35.5 Å². The number of nitrogens with zero attached hydrogens (tertiary/aromatic N) is 2. The molecule has 0 saturated carbocycles. The van der Waals surface area contributed by atoms with Crippen LogP contribution in [0.1, 0.15) is 21.5 Å². The summed E-state index contributed by atoms with van der Waals surface area (Å²) in [4.78, 5) is 47.3. The molecule has 8 nitrogen and oxygen atoms in total. The van der Waals surface area contributed by atoms with Crippen molar-refractivity contribution in [3.63, 3.8) is 0 Å². The highest BCUT2D eigenvalue weighted by Crippen LogP contribution is 2.34. The highest BCUT2D eigenvalue weighted by Gasteiger charge is 2.36. The Kier molecular flexibility index (Phi) is 5.04. The number of carboxylic acids is 1. The van der Waals surface area contributed by atoms with Crippen LogP contribution in [0.4, 0.5) is 10.5 Å². The predicted molar refractivity (Wildman–Crippen MR) is 98.0 cm³/mol. The molecule has 1 heterocycles. The molecule has 0 spiro atoms. The third-order valence-electron chi connectivity index (χ3n) is 3.85. The van der Waals surface area contributed by atoms with E-state index in [1.54, 1.807) is 6.07 Å². The average Bonchev–Trinajstić information content (AvgIpc) is 2.90. The van der Waals surface area contributed by atoms with Gasteiger partial charge in [-0.15, -0.1) is 0 Å². The zero-order valence-corrected chi connectivity index (χ0v) is 14.5. The Labute approximate surface area is 157 Å². The van der Waals surface area contributed by atoms with E-state index >= 15 is 0 Å². The monoisotopic (exact) mass is 384 g/mol. The van der Waals surface area contributed by atoms with E-state index in [9.17, 15) is 24.5 Å². The van der Waals surface area contributed by atoms with Crippen LogP contribution < -0.4 is 0 Å². The number of carboxylic acid groups (broad SMARTS) is 1. The maximum atomic E-state index is 12.5. The van der Waals surface area contributed by atoms with Crippen LogP contribution in [-0.4, -0.2) is 32.0 Å². The molecule has 0 atom stereocenters. The lowest BCUT2D eigenvalue weighted by atomic mass is 10.1. The van der Waals surface area contributed by atoms with E-state index < -0.39 is 22.0 Å². The summed E-state index contributed by atoms with van der Waals surface area (Å²) in [5.74, 6) is -1.61. The lowest BCUT2D eigenvalue weighted by Gasteiger charge is -2.12. The van der Waals surface area contributed by atoms with E-state index in [1.165, 1.54) is 48.5 Å². The third-order valence-corrected chi connectivity index (χ3v) is 4.75. The number of hydrogen-bond acceptors (Lipinski definition) is 6. The molecule has 2 aromatic rings. The Hall–Kier alpha value is -3.46. The van der Waals surface area contributed by atoms with Gasteiger partial charge in [0.15, 0.2) is 0 Å². The van der Waals surface area contributed by atoms with Crippen LogP contribution in [-0.2, 0) is 11.3 Å². The number of aromatic carboxylic acids is 1. The Morgan fingerprint density at radius 1 is 1.15 bits per heavy atom. The topological polar surface area (TPSA) is 118 Å². The first-order valence-corrected chi connectivity index (χ1v) is 8.49. The van der Waals surface area contributed by atoms with Gasteiger partial charge in [0, 0.05) is 11.6 Å². The fraction of sp³-hybridized carbons (Fsp3) is 0.0556. The van der Waals surface area contributed by atoms with Crippen LogP contribution in [0.25, 0.3) is 6.08 Å². The second kappa shape index (κ2) is 7.42. The Morgan fingerprint density at radius 2 is 1.81 bits per heavy atom. The maximum absolute atomic E-state index is 12.5. The number of carbonyl (C=O) groups is 3. The Morgan fingerprint density at radius 3 is 2.44 bits per heavy atom. The molecule has 0 bridgehead atoms. The van der Waals surface area contributed by atoms with Crippen LogP contribution in [0, 0.1) is 10.1 Å². The average molecular weight is 384 g/mol. The van der Waals surface area contributed by atoms with E-state index in [0.717, 1.165) is 16.7 Å². The van der Waals surface area contributed by atoms with E-state index in [4.69, 9.17) is 5.11 Å². The van der Waals surface area contributed by atoms with Crippen molar-refractivity contribution in [1.29, 1.82) is 0 Å². The number of rotatable bonds is 5. The van der Waals surface area contributed by atoms with Crippen molar-refractivity contribution >= 4 is 40.6 Å². The lowest BCUT2D eigenvalue weighted by Crippen LogP contribution is -2.27. The Balaban J connectivity index is 1.83. The summed E-state index contributed by atoms with van der Waals surface area (Å²) in [7, 11) is 0. The van der Waals surface area contributed by atoms with Gasteiger partial charge in [-0.3, -0.25) is 24.6 Å². The fourth-order valence-electron chi connectivity index (χ4n) is 2.50. The quantitative estimate of drug-likeness (QED) is 0.476. The van der Waals surface area contributed by atoms with Crippen molar-refractivity contribution < 1.29 is 24.4 Å². The van der Waals surface area contributed by atoms with Crippen LogP contribution in [0.3, 0.4) is 0 Å². The molecule has 1 saturated heterocycles. The molecule has 1 fully saturated rings. The number of benzene rings is 2. The van der Waals surface area contributed by atoms with Crippen molar-refractivity contribution in [2.24, 2.45) is 0 Å². The molecule has 136 valence electrons. The first kappa shape index (κ1) is 18.3. The fourth-order valence-corrected chi connectivity index (χ4v) is 3.34. The molecule has 1 aliphatic rings. The number of imide groups is 1. The molecular weight excluding hydrogens is 372 g/mol. The van der Waals surface area contributed by atoms with Crippen molar-refractivity contribution in [3.8, 4) is 0 Å². The SMILES string of the molecule is O=C(O)c1ccc(/C=C2\SC(=O)N(Cc3ccccc3[N+](=O)[O-])C2=O)cc1. The van der Waals surface area contributed by atoms with Crippen LogP contribution in [0.5, 0.6) is 0 Å². The molecule has 3 rings (SSSR count). The second-order valence-electron chi connectivity index (χ2n) is 5.58. The zero-order chi connectivity index (χ0) is 19.6. The van der Waals surface area contributed by atoms with Gasteiger partial charge < -0.3 is 5.11 Å². The summed E-state index contributed by atoms with van der Waals surface area (Å²) in [5, 5.41) is 19.5. The van der Waals surface area contributed by atoms with Gasteiger partial charge in [-0.1, -0.05) is 30.3 Å². The summed E-state index contributed by atoms with van der Waals surface area (Å²) in [6.45, 7) is -0.197. The number of nitro benzene ring substituents is 1. The van der Waals surface area contributed by atoms with Crippen molar-refractivity contribution in [2.45, 2.75) is 6.54 Å². The van der Waals surface area contributed by atoms with Gasteiger partial charge in [0.05, 0.1) is 21.9 Å². The van der Waals surface area contributed by atoms with Crippen LogP contribution in [0.15, 0.2) is 53.4 Å². The van der Waals surface area contributed by atoms with Gasteiger partial charge in [-0.25, -0.2) is 4.79 Å². The maximum Gasteiger partial charge on any atom is 0.335 e. The van der Waals surface area contributed by atoms with Crippen molar-refractivity contribution in [2.75, 3.05) is 0 Å². The standard InChI is InChI=1S/C18H12N2O6S/c21-16-15(9-11-5-7-12(8-6-11)17(22)23)27-18(24)19(16)10-13-3-1-2-4-14(13)20(25)26/h1-9H,10H2,(H,22,23)/b15-9-. The van der Waals surface area contributed by atoms with Crippen molar-refractivity contribution in [1.82, 2.24) is 4.90 Å². The molecule has 27 heavy (non-hydrogen) atoms. The normalized spacial score (nSPS) is 15.4. The van der Waals surface area contributed by atoms with Gasteiger partial charge in [-0.2, -0.15) is 0 Å². The molecule has 1 aliphatic heterocycles. The minimum atomic E-state index is -1.06. The molecule has 9 heteroatoms. The number of thioether (sulfide) groups is 1. The summed E-state index contributed by atoms with van der Waals surface area (Å²) in [6.07, 6.45) is 1.48. The summed E-state index contributed by atoms with van der Waals surface area (Å²) in [5.41, 5.74) is 0.773. The second-order valence-corrected chi connectivity index (χ2v) is 6.57. The van der Waals surface area contributed by atoms with Gasteiger partial charge in [0.1, 0.15) is 0 Å². The minimum absolute atomic E-state index is 0.108. The highest BCUT2D eigenvalue weighted by atomic mass is 32.2. The first-order chi connectivity index (χ1) is 12.9. The summed E-state index contributed by atoms with van der Waals surface area (Å²) in [6, 6.07) is 11.8. The number of para-hydroxylation sites is 1. The highest BCUT2D eigenvalue weighted by molar-refractivity contribution is 8.18. The number of hydrogen-bond donors (Lipinski definition) is 1. The molecule has 0 radical (unpaired) electrons. The molecule has 2 aromatic carbocycles. The van der Waals surface area contributed by atoms with Gasteiger partial charge in [0.2, 0.25) is 0 Å². The van der Waals surface area contributed by atoms with E-state index in [-0.39, 0.29) is 28.3 Å².